The first-order valence-electron chi connectivity index (χ1n) is 8.81. The summed E-state index contributed by atoms with van der Waals surface area (Å²) in [5.74, 6) is 0.272. The average Bonchev–Trinajstić information content (AvgIpc) is 2.73. The van der Waals surface area contributed by atoms with Crippen LogP contribution in [0.5, 0.6) is 5.75 Å². The van der Waals surface area contributed by atoms with Crippen LogP contribution in [-0.2, 0) is 21.4 Å². The molecule has 1 atom stereocenters. The number of hydrogen-bond acceptors (Lipinski definition) is 5. The number of sulfonamides is 1. The molecule has 3 rings (SSSR count). The number of hydrogen-bond donors (Lipinski definition) is 1. The topological polar surface area (TPSA) is 88.6 Å². The van der Waals surface area contributed by atoms with Crippen molar-refractivity contribution in [2.45, 2.75) is 24.3 Å². The van der Waals surface area contributed by atoms with Gasteiger partial charge in [0.15, 0.2) is 0 Å². The Hall–Kier alpha value is -2.45. The molecule has 1 fully saturated rings. The molecular weight excluding hydrogens is 366 g/mol. The van der Waals surface area contributed by atoms with Crippen LogP contribution >= 0.6 is 0 Å². The third kappa shape index (κ3) is 4.64. The first-order chi connectivity index (χ1) is 13.0. The zero-order chi connectivity index (χ0) is 19.3. The molecule has 0 bridgehead atoms. The first kappa shape index (κ1) is 19.3. The van der Waals surface area contributed by atoms with Crippen molar-refractivity contribution in [1.82, 2.24) is 14.6 Å². The Kier molecular flexibility index (Phi) is 6.08. The Morgan fingerprint density at radius 3 is 2.74 bits per heavy atom. The van der Waals surface area contributed by atoms with Gasteiger partial charge in [0.05, 0.1) is 13.0 Å². The molecule has 1 unspecified atom stereocenters. The van der Waals surface area contributed by atoms with Gasteiger partial charge in [-0.25, -0.2) is 8.42 Å². The van der Waals surface area contributed by atoms with Gasteiger partial charge in [-0.1, -0.05) is 12.1 Å². The molecule has 1 aromatic carbocycles. The fourth-order valence-corrected chi connectivity index (χ4v) is 4.59. The lowest BCUT2D eigenvalue weighted by molar-refractivity contribution is -0.126. The molecule has 2 aromatic rings. The van der Waals surface area contributed by atoms with E-state index in [2.05, 4.69) is 10.3 Å². The highest BCUT2D eigenvalue weighted by Crippen LogP contribution is 2.23. The van der Waals surface area contributed by atoms with Crippen molar-refractivity contribution in [1.29, 1.82) is 0 Å². The van der Waals surface area contributed by atoms with Crippen LogP contribution in [0.25, 0.3) is 0 Å². The molecule has 2 heterocycles. The third-order valence-corrected chi connectivity index (χ3v) is 6.50. The zero-order valence-corrected chi connectivity index (χ0v) is 16.0. The smallest absolute Gasteiger partial charge is 0.244 e. The number of rotatable bonds is 6. The lowest BCUT2D eigenvalue weighted by Crippen LogP contribution is -2.45. The molecule has 8 heteroatoms. The largest absolute Gasteiger partial charge is 0.497 e. The molecule has 1 aliphatic heterocycles. The van der Waals surface area contributed by atoms with Crippen LogP contribution in [0.3, 0.4) is 0 Å². The molecule has 0 aliphatic carbocycles. The minimum atomic E-state index is -3.63. The van der Waals surface area contributed by atoms with Crippen molar-refractivity contribution in [2.75, 3.05) is 20.2 Å². The molecular formula is C19H23N3O4S. The normalized spacial score (nSPS) is 18.0. The lowest BCUT2D eigenvalue weighted by atomic mass is 9.99. The molecule has 27 heavy (non-hydrogen) atoms. The summed E-state index contributed by atoms with van der Waals surface area (Å²) >= 11 is 0. The Bertz CT molecular complexity index is 870. The predicted molar refractivity (Wildman–Crippen MR) is 101 cm³/mol. The standard InChI is InChI=1S/C19H23N3O4S/c1-26-17-8-6-15(7-9-17)12-21-19(23)16-4-3-11-22(14-16)27(24,25)18-5-2-10-20-13-18/h2,5-10,13,16H,3-4,11-12,14H2,1H3,(H,21,23). The maximum Gasteiger partial charge on any atom is 0.244 e. The second-order valence-electron chi connectivity index (χ2n) is 6.46. The summed E-state index contributed by atoms with van der Waals surface area (Å²) in [5, 5.41) is 2.90. The van der Waals surface area contributed by atoms with Crippen LogP contribution in [0.1, 0.15) is 18.4 Å². The maximum atomic E-state index is 12.7. The monoisotopic (exact) mass is 389 g/mol. The average molecular weight is 389 g/mol. The Balaban J connectivity index is 1.60. The van der Waals surface area contributed by atoms with Crippen LogP contribution in [0, 0.1) is 5.92 Å². The molecule has 1 aliphatic rings. The summed E-state index contributed by atoms with van der Waals surface area (Å²) < 4.78 is 32.0. The second-order valence-corrected chi connectivity index (χ2v) is 8.39. The second kappa shape index (κ2) is 8.49. The van der Waals surface area contributed by atoms with Gasteiger partial charge >= 0.3 is 0 Å². The van der Waals surface area contributed by atoms with Crippen LogP contribution in [0.15, 0.2) is 53.7 Å². The number of carbonyl (C=O) groups excluding carboxylic acids is 1. The molecule has 144 valence electrons. The highest BCUT2D eigenvalue weighted by Gasteiger charge is 2.33. The van der Waals surface area contributed by atoms with E-state index in [1.165, 1.54) is 22.8 Å². The Morgan fingerprint density at radius 1 is 1.30 bits per heavy atom. The van der Waals surface area contributed by atoms with Crippen molar-refractivity contribution < 1.29 is 17.9 Å². The number of carbonyl (C=O) groups is 1. The highest BCUT2D eigenvalue weighted by atomic mass is 32.2. The van der Waals surface area contributed by atoms with E-state index in [-0.39, 0.29) is 23.3 Å². The summed E-state index contributed by atoms with van der Waals surface area (Å²) in [6.07, 6.45) is 4.20. The van der Waals surface area contributed by atoms with E-state index in [0.717, 1.165) is 11.3 Å². The summed E-state index contributed by atoms with van der Waals surface area (Å²) in [4.78, 5) is 16.6. The summed E-state index contributed by atoms with van der Waals surface area (Å²) in [6.45, 7) is 1.000. The number of nitrogens with zero attached hydrogens (tertiary/aromatic N) is 2. The molecule has 1 saturated heterocycles. The van der Waals surface area contributed by atoms with E-state index in [1.807, 2.05) is 24.3 Å². The van der Waals surface area contributed by atoms with E-state index < -0.39 is 10.0 Å². The molecule has 7 nitrogen and oxygen atoms in total. The van der Waals surface area contributed by atoms with Crippen molar-refractivity contribution >= 4 is 15.9 Å². The molecule has 0 radical (unpaired) electrons. The number of benzene rings is 1. The van der Waals surface area contributed by atoms with Gasteiger partial charge in [0, 0.05) is 32.0 Å². The number of piperidine rings is 1. The third-order valence-electron chi connectivity index (χ3n) is 4.65. The van der Waals surface area contributed by atoms with E-state index >= 15 is 0 Å². The van der Waals surface area contributed by atoms with Gasteiger partial charge in [0.25, 0.3) is 0 Å². The quantitative estimate of drug-likeness (QED) is 0.814. The minimum Gasteiger partial charge on any atom is -0.497 e. The van der Waals surface area contributed by atoms with E-state index in [4.69, 9.17) is 4.74 Å². The summed E-state index contributed by atoms with van der Waals surface area (Å²) in [7, 11) is -2.02. The van der Waals surface area contributed by atoms with Crippen molar-refractivity contribution in [3.05, 3.63) is 54.4 Å². The lowest BCUT2D eigenvalue weighted by Gasteiger charge is -2.31. The molecule has 1 amide bonds. The number of methoxy groups -OCH3 is 1. The van der Waals surface area contributed by atoms with Crippen LogP contribution in [0.2, 0.25) is 0 Å². The Labute approximate surface area is 159 Å². The van der Waals surface area contributed by atoms with Gasteiger partial charge in [-0.05, 0) is 42.7 Å². The maximum absolute atomic E-state index is 12.7. The molecule has 0 saturated carbocycles. The first-order valence-corrected chi connectivity index (χ1v) is 10.3. The molecule has 1 N–H and O–H groups in total. The number of aromatic nitrogens is 1. The number of amides is 1. The van der Waals surface area contributed by atoms with Gasteiger partial charge in [-0.15, -0.1) is 0 Å². The highest BCUT2D eigenvalue weighted by molar-refractivity contribution is 7.89. The summed E-state index contributed by atoms with van der Waals surface area (Å²) in [5.41, 5.74) is 0.958. The SMILES string of the molecule is COc1ccc(CNC(=O)C2CCCN(S(=O)(=O)c3cccnc3)C2)cc1. The van der Waals surface area contributed by atoms with E-state index in [1.54, 1.807) is 13.2 Å². The van der Waals surface area contributed by atoms with E-state index in [0.29, 0.717) is 25.9 Å². The van der Waals surface area contributed by atoms with Crippen LogP contribution < -0.4 is 10.1 Å². The predicted octanol–water partition coefficient (Wildman–Crippen LogP) is 1.81. The minimum absolute atomic E-state index is 0.128. The Morgan fingerprint density at radius 2 is 2.07 bits per heavy atom. The van der Waals surface area contributed by atoms with Crippen molar-refractivity contribution in [3.63, 3.8) is 0 Å². The fourth-order valence-electron chi connectivity index (χ4n) is 3.10. The molecule has 0 spiro atoms. The van der Waals surface area contributed by atoms with Gasteiger partial charge in [-0.3, -0.25) is 9.78 Å². The van der Waals surface area contributed by atoms with E-state index in [9.17, 15) is 13.2 Å². The van der Waals surface area contributed by atoms with Crippen LogP contribution in [0.4, 0.5) is 0 Å². The fraction of sp³-hybridized carbons (Fsp3) is 0.368. The number of nitrogens with one attached hydrogen (secondary N) is 1. The number of pyridine rings is 1. The van der Waals surface area contributed by atoms with Gasteiger partial charge in [0.2, 0.25) is 15.9 Å². The summed E-state index contributed by atoms with van der Waals surface area (Å²) in [6, 6.07) is 10.6. The van der Waals surface area contributed by atoms with Gasteiger partial charge < -0.3 is 10.1 Å². The number of ether oxygens (including phenoxy) is 1. The van der Waals surface area contributed by atoms with Crippen LogP contribution in [-0.4, -0.2) is 43.8 Å². The van der Waals surface area contributed by atoms with Gasteiger partial charge in [0.1, 0.15) is 10.6 Å². The van der Waals surface area contributed by atoms with Crippen molar-refractivity contribution in [2.24, 2.45) is 5.92 Å². The van der Waals surface area contributed by atoms with Gasteiger partial charge in [-0.2, -0.15) is 4.31 Å². The molecule has 1 aromatic heterocycles. The van der Waals surface area contributed by atoms with Crippen molar-refractivity contribution in [3.8, 4) is 5.75 Å². The zero-order valence-electron chi connectivity index (χ0n) is 15.2.